The molecule has 0 bridgehead atoms. The molecule has 2 rings (SSSR count). The van der Waals surface area contributed by atoms with Gasteiger partial charge in [-0.2, -0.15) is 0 Å². The Kier molecular flexibility index (Phi) is 10.2. The summed E-state index contributed by atoms with van der Waals surface area (Å²) in [5.41, 5.74) is 6.14. The van der Waals surface area contributed by atoms with Gasteiger partial charge in [0.1, 0.15) is 5.82 Å². The fourth-order valence-electron chi connectivity index (χ4n) is 2.40. The van der Waals surface area contributed by atoms with Crippen molar-refractivity contribution in [2.75, 3.05) is 31.1 Å². The van der Waals surface area contributed by atoms with Crippen molar-refractivity contribution in [2.24, 2.45) is 17.6 Å². The van der Waals surface area contributed by atoms with Crippen LogP contribution in [-0.4, -0.2) is 37.1 Å². The smallest absolute Gasteiger partial charge is 0.252 e. The van der Waals surface area contributed by atoms with Gasteiger partial charge < -0.3 is 16.0 Å². The van der Waals surface area contributed by atoms with Crippen LogP contribution in [0.1, 0.15) is 37.0 Å². The lowest BCUT2D eigenvalue weighted by Gasteiger charge is -2.31. The van der Waals surface area contributed by atoms with E-state index in [4.69, 9.17) is 5.73 Å². The molecule has 0 aromatic carbocycles. The molecule has 23 heavy (non-hydrogen) atoms. The Morgan fingerprint density at radius 3 is 2.57 bits per heavy atom. The second kappa shape index (κ2) is 10.7. The number of anilines is 1. The number of hydrogen-bond donors (Lipinski definition) is 2. The standard InChI is InChI=1S/C16H26N4O.2ClH/c1-12-5-7-20(8-6-12)15-4-3-14(11-18-15)16(21)19-10-13(2)9-17;;/h3-4,11-13H,5-10,17H2,1-2H3,(H,19,21);2*1H. The fraction of sp³-hybridized carbons (Fsp3) is 0.625. The normalized spacial score (nSPS) is 16.0. The molecule has 1 amide bonds. The zero-order chi connectivity index (χ0) is 15.2. The zero-order valence-electron chi connectivity index (χ0n) is 13.8. The summed E-state index contributed by atoms with van der Waals surface area (Å²) in [6.45, 7) is 7.58. The molecule has 1 saturated heterocycles. The van der Waals surface area contributed by atoms with Gasteiger partial charge in [0, 0.05) is 25.8 Å². The number of nitrogens with zero attached hydrogens (tertiary/aromatic N) is 2. The van der Waals surface area contributed by atoms with Gasteiger partial charge in [0.05, 0.1) is 5.56 Å². The van der Waals surface area contributed by atoms with E-state index in [-0.39, 0.29) is 36.6 Å². The molecule has 5 nitrogen and oxygen atoms in total. The van der Waals surface area contributed by atoms with E-state index in [1.807, 2.05) is 19.1 Å². The third kappa shape index (κ3) is 6.53. The third-order valence-electron chi connectivity index (χ3n) is 4.13. The number of nitrogens with two attached hydrogens (primary N) is 1. The van der Waals surface area contributed by atoms with Crippen molar-refractivity contribution < 1.29 is 4.79 Å². The number of amides is 1. The van der Waals surface area contributed by atoms with Crippen LogP contribution < -0.4 is 16.0 Å². The molecule has 1 aliphatic rings. The molecule has 0 aliphatic carbocycles. The van der Waals surface area contributed by atoms with Crippen LogP contribution in [0.4, 0.5) is 5.82 Å². The first kappa shape index (κ1) is 22.0. The van der Waals surface area contributed by atoms with Gasteiger partial charge in [-0.05, 0) is 43.4 Å². The van der Waals surface area contributed by atoms with Gasteiger partial charge in [-0.25, -0.2) is 4.98 Å². The number of nitrogens with one attached hydrogen (secondary N) is 1. The first-order valence-corrected chi connectivity index (χ1v) is 7.79. The van der Waals surface area contributed by atoms with Crippen LogP contribution in [0.5, 0.6) is 0 Å². The largest absolute Gasteiger partial charge is 0.357 e. The maximum Gasteiger partial charge on any atom is 0.252 e. The average Bonchev–Trinajstić information content (AvgIpc) is 2.53. The maximum absolute atomic E-state index is 12.0. The van der Waals surface area contributed by atoms with E-state index >= 15 is 0 Å². The Morgan fingerprint density at radius 2 is 2.04 bits per heavy atom. The summed E-state index contributed by atoms with van der Waals surface area (Å²) in [7, 11) is 0. The van der Waals surface area contributed by atoms with Crippen molar-refractivity contribution in [1.82, 2.24) is 10.3 Å². The second-order valence-electron chi connectivity index (χ2n) is 6.13. The molecule has 1 fully saturated rings. The Hall–Kier alpha value is -1.04. The van der Waals surface area contributed by atoms with Crippen LogP contribution in [0.2, 0.25) is 0 Å². The van der Waals surface area contributed by atoms with Gasteiger partial charge >= 0.3 is 0 Å². The minimum atomic E-state index is -0.0818. The zero-order valence-corrected chi connectivity index (χ0v) is 15.5. The first-order valence-electron chi connectivity index (χ1n) is 7.79. The number of halogens is 2. The third-order valence-corrected chi connectivity index (χ3v) is 4.13. The molecule has 1 atom stereocenters. The molecule has 0 radical (unpaired) electrons. The molecule has 1 aliphatic heterocycles. The van der Waals surface area contributed by atoms with Crippen LogP contribution in [0.3, 0.4) is 0 Å². The molecule has 132 valence electrons. The summed E-state index contributed by atoms with van der Waals surface area (Å²) in [5.74, 6) is 1.97. The molecule has 1 aromatic heterocycles. The van der Waals surface area contributed by atoms with E-state index in [1.165, 1.54) is 12.8 Å². The summed E-state index contributed by atoms with van der Waals surface area (Å²) >= 11 is 0. The van der Waals surface area contributed by atoms with Gasteiger partial charge in [-0.3, -0.25) is 4.79 Å². The van der Waals surface area contributed by atoms with E-state index in [0.29, 0.717) is 18.7 Å². The Bertz CT molecular complexity index is 462. The maximum atomic E-state index is 12.0. The highest BCUT2D eigenvalue weighted by Crippen LogP contribution is 2.21. The minimum absolute atomic E-state index is 0. The number of rotatable bonds is 5. The average molecular weight is 363 g/mol. The first-order chi connectivity index (χ1) is 10.1. The molecule has 0 saturated carbocycles. The van der Waals surface area contributed by atoms with Crippen LogP contribution >= 0.6 is 24.8 Å². The molecule has 2 heterocycles. The van der Waals surface area contributed by atoms with Gasteiger partial charge in [-0.15, -0.1) is 24.8 Å². The molecule has 7 heteroatoms. The SMILES string of the molecule is CC1CCN(c2ccc(C(=O)NCC(C)CN)cn2)CC1.Cl.Cl. The van der Waals surface area contributed by atoms with Crippen LogP contribution in [0.25, 0.3) is 0 Å². The molecular weight excluding hydrogens is 335 g/mol. The van der Waals surface area contributed by atoms with Crippen molar-refractivity contribution in [3.63, 3.8) is 0 Å². The Balaban J connectivity index is 0.00000242. The fourth-order valence-corrected chi connectivity index (χ4v) is 2.40. The summed E-state index contributed by atoms with van der Waals surface area (Å²) in [6.07, 6.45) is 4.08. The predicted molar refractivity (Wildman–Crippen MR) is 99.9 cm³/mol. The number of carbonyl (C=O) groups is 1. The lowest BCUT2D eigenvalue weighted by Crippen LogP contribution is -2.33. The topological polar surface area (TPSA) is 71.2 Å². The summed E-state index contributed by atoms with van der Waals surface area (Å²) in [4.78, 5) is 18.7. The number of pyridine rings is 1. The van der Waals surface area contributed by atoms with Crippen molar-refractivity contribution >= 4 is 36.5 Å². The monoisotopic (exact) mass is 362 g/mol. The lowest BCUT2D eigenvalue weighted by atomic mass is 9.99. The van der Waals surface area contributed by atoms with Crippen LogP contribution in [0.15, 0.2) is 18.3 Å². The van der Waals surface area contributed by atoms with Crippen LogP contribution in [0, 0.1) is 11.8 Å². The minimum Gasteiger partial charge on any atom is -0.357 e. The van der Waals surface area contributed by atoms with E-state index in [2.05, 4.69) is 22.1 Å². The highest BCUT2D eigenvalue weighted by molar-refractivity contribution is 5.94. The van der Waals surface area contributed by atoms with Crippen molar-refractivity contribution in [3.8, 4) is 0 Å². The molecule has 0 spiro atoms. The summed E-state index contributed by atoms with van der Waals surface area (Å²) < 4.78 is 0. The predicted octanol–water partition coefficient (Wildman–Crippen LogP) is 2.49. The van der Waals surface area contributed by atoms with E-state index in [0.717, 1.165) is 24.8 Å². The highest BCUT2D eigenvalue weighted by atomic mass is 35.5. The molecule has 3 N–H and O–H groups in total. The summed E-state index contributed by atoms with van der Waals surface area (Å²) in [5, 5.41) is 2.88. The Morgan fingerprint density at radius 1 is 1.39 bits per heavy atom. The van der Waals surface area contributed by atoms with Gasteiger partial charge in [-0.1, -0.05) is 13.8 Å². The van der Waals surface area contributed by atoms with Crippen molar-refractivity contribution in [2.45, 2.75) is 26.7 Å². The van der Waals surface area contributed by atoms with Gasteiger partial charge in [0.15, 0.2) is 0 Å². The quantitative estimate of drug-likeness (QED) is 0.843. The number of carbonyl (C=O) groups excluding carboxylic acids is 1. The molecular formula is C16H28Cl2N4O. The van der Waals surface area contributed by atoms with E-state index < -0.39 is 0 Å². The van der Waals surface area contributed by atoms with Gasteiger partial charge in [0.2, 0.25) is 0 Å². The summed E-state index contributed by atoms with van der Waals surface area (Å²) in [6, 6.07) is 3.79. The second-order valence-corrected chi connectivity index (χ2v) is 6.13. The molecule has 1 aromatic rings. The van der Waals surface area contributed by atoms with E-state index in [1.54, 1.807) is 6.20 Å². The number of aromatic nitrogens is 1. The van der Waals surface area contributed by atoms with Crippen LogP contribution in [-0.2, 0) is 0 Å². The number of hydrogen-bond acceptors (Lipinski definition) is 4. The van der Waals surface area contributed by atoms with Crippen molar-refractivity contribution in [1.29, 1.82) is 0 Å². The Labute approximate surface area is 151 Å². The van der Waals surface area contributed by atoms with E-state index in [9.17, 15) is 4.79 Å². The highest BCUT2D eigenvalue weighted by Gasteiger charge is 2.17. The lowest BCUT2D eigenvalue weighted by molar-refractivity contribution is 0.0948. The van der Waals surface area contributed by atoms with Gasteiger partial charge in [0.25, 0.3) is 5.91 Å². The number of piperidine rings is 1. The molecule has 1 unspecified atom stereocenters. The van der Waals surface area contributed by atoms with Crippen molar-refractivity contribution in [3.05, 3.63) is 23.9 Å².